The minimum Gasteiger partial charge on any atom is -0.488 e. The van der Waals surface area contributed by atoms with E-state index in [1.807, 2.05) is 12.1 Å². The highest BCUT2D eigenvalue weighted by atomic mass is 16.5. The topological polar surface area (TPSA) is 58.6 Å². The van der Waals surface area contributed by atoms with Crippen LogP contribution >= 0.6 is 0 Å². The van der Waals surface area contributed by atoms with Gasteiger partial charge >= 0.3 is 5.97 Å². The maximum atomic E-state index is 10.3. The fourth-order valence-corrected chi connectivity index (χ4v) is 2.02. The molecule has 0 bridgehead atoms. The summed E-state index contributed by atoms with van der Waals surface area (Å²) >= 11 is 0. The predicted molar refractivity (Wildman–Crippen MR) is 64.4 cm³/mol. The number of hydrogen-bond donors (Lipinski definition) is 2. The Hall–Kier alpha value is -1.55. The Bertz CT molecular complexity index is 417. The summed E-state index contributed by atoms with van der Waals surface area (Å²) in [6.45, 7) is 3.25. The molecule has 92 valence electrons. The first-order valence-electron chi connectivity index (χ1n) is 5.84. The Morgan fingerprint density at radius 2 is 2.41 bits per heavy atom. The molecule has 1 aliphatic heterocycles. The van der Waals surface area contributed by atoms with Crippen LogP contribution in [0, 0.1) is 6.92 Å². The third kappa shape index (κ3) is 3.20. The summed E-state index contributed by atoms with van der Waals surface area (Å²) in [4.78, 5) is 10.3. The molecule has 2 rings (SSSR count). The quantitative estimate of drug-likeness (QED) is 0.757. The molecule has 1 aliphatic rings. The van der Waals surface area contributed by atoms with Crippen molar-refractivity contribution >= 4 is 5.97 Å². The second-order valence-corrected chi connectivity index (χ2v) is 4.40. The number of carbonyl (C=O) groups is 1. The van der Waals surface area contributed by atoms with Gasteiger partial charge in [-0.05, 0) is 18.6 Å². The van der Waals surface area contributed by atoms with Crippen LogP contribution in [0.2, 0.25) is 0 Å². The van der Waals surface area contributed by atoms with Crippen LogP contribution in [-0.4, -0.2) is 30.3 Å². The molecule has 1 heterocycles. The first-order chi connectivity index (χ1) is 8.15. The van der Waals surface area contributed by atoms with E-state index in [0.717, 1.165) is 12.2 Å². The van der Waals surface area contributed by atoms with Gasteiger partial charge in [0.2, 0.25) is 0 Å². The second-order valence-electron chi connectivity index (χ2n) is 4.40. The van der Waals surface area contributed by atoms with E-state index in [1.54, 1.807) is 0 Å². The van der Waals surface area contributed by atoms with Crippen molar-refractivity contribution < 1.29 is 14.6 Å². The Balaban J connectivity index is 1.78. The van der Waals surface area contributed by atoms with Crippen molar-refractivity contribution in [3.05, 3.63) is 29.3 Å². The van der Waals surface area contributed by atoms with E-state index in [4.69, 9.17) is 9.84 Å². The molecule has 1 atom stereocenters. The zero-order chi connectivity index (χ0) is 12.3. The molecule has 0 saturated carbocycles. The summed E-state index contributed by atoms with van der Waals surface area (Å²) in [6, 6.07) is 6.19. The maximum absolute atomic E-state index is 10.3. The van der Waals surface area contributed by atoms with Gasteiger partial charge < -0.3 is 15.2 Å². The number of fused-ring (bicyclic) bond motifs is 1. The summed E-state index contributed by atoms with van der Waals surface area (Å²) in [5.41, 5.74) is 2.49. The van der Waals surface area contributed by atoms with Crippen LogP contribution in [0.5, 0.6) is 5.75 Å². The zero-order valence-electron chi connectivity index (χ0n) is 9.90. The summed E-state index contributed by atoms with van der Waals surface area (Å²) < 4.78 is 5.76. The SMILES string of the molecule is Cc1ccc2c(c1)CC(CNCCC(=O)O)O2. The van der Waals surface area contributed by atoms with Crippen molar-refractivity contribution in [1.82, 2.24) is 5.32 Å². The number of rotatable bonds is 5. The molecule has 1 unspecified atom stereocenters. The molecule has 2 N–H and O–H groups in total. The van der Waals surface area contributed by atoms with Gasteiger partial charge in [-0.25, -0.2) is 0 Å². The number of nitrogens with one attached hydrogen (secondary N) is 1. The van der Waals surface area contributed by atoms with Crippen molar-refractivity contribution in [2.45, 2.75) is 25.9 Å². The van der Waals surface area contributed by atoms with E-state index >= 15 is 0 Å². The molecule has 0 spiro atoms. The Morgan fingerprint density at radius 1 is 1.59 bits per heavy atom. The average Bonchev–Trinajstić information content (AvgIpc) is 2.66. The maximum Gasteiger partial charge on any atom is 0.304 e. The van der Waals surface area contributed by atoms with E-state index in [9.17, 15) is 4.79 Å². The van der Waals surface area contributed by atoms with E-state index in [-0.39, 0.29) is 12.5 Å². The number of carboxylic acids is 1. The van der Waals surface area contributed by atoms with Gasteiger partial charge in [0.25, 0.3) is 0 Å². The third-order valence-corrected chi connectivity index (χ3v) is 2.84. The van der Waals surface area contributed by atoms with Crippen LogP contribution < -0.4 is 10.1 Å². The summed E-state index contributed by atoms with van der Waals surface area (Å²) in [5, 5.41) is 11.6. The summed E-state index contributed by atoms with van der Waals surface area (Å²) in [6.07, 6.45) is 1.18. The lowest BCUT2D eigenvalue weighted by molar-refractivity contribution is -0.136. The van der Waals surface area contributed by atoms with Gasteiger partial charge in [-0.1, -0.05) is 17.7 Å². The van der Waals surface area contributed by atoms with Gasteiger partial charge in [0, 0.05) is 19.5 Å². The third-order valence-electron chi connectivity index (χ3n) is 2.84. The van der Waals surface area contributed by atoms with E-state index < -0.39 is 5.97 Å². The van der Waals surface area contributed by atoms with Crippen LogP contribution in [0.15, 0.2) is 18.2 Å². The number of carboxylic acid groups (broad SMARTS) is 1. The summed E-state index contributed by atoms with van der Waals surface area (Å²) in [5.74, 6) is 0.185. The molecule has 17 heavy (non-hydrogen) atoms. The highest BCUT2D eigenvalue weighted by Crippen LogP contribution is 2.29. The molecule has 0 radical (unpaired) electrons. The van der Waals surface area contributed by atoms with Gasteiger partial charge in [-0.15, -0.1) is 0 Å². The number of ether oxygens (including phenoxy) is 1. The van der Waals surface area contributed by atoms with E-state index in [1.165, 1.54) is 11.1 Å². The number of aryl methyl sites for hydroxylation is 1. The van der Waals surface area contributed by atoms with Crippen molar-refractivity contribution in [2.75, 3.05) is 13.1 Å². The van der Waals surface area contributed by atoms with Crippen LogP contribution in [0.25, 0.3) is 0 Å². The molecule has 0 aliphatic carbocycles. The summed E-state index contributed by atoms with van der Waals surface area (Å²) in [7, 11) is 0. The molecule has 1 aromatic rings. The van der Waals surface area contributed by atoms with Crippen molar-refractivity contribution in [3.63, 3.8) is 0 Å². The molecule has 4 heteroatoms. The van der Waals surface area contributed by atoms with Crippen LogP contribution in [0.4, 0.5) is 0 Å². The molecule has 0 saturated heterocycles. The van der Waals surface area contributed by atoms with Crippen LogP contribution in [-0.2, 0) is 11.2 Å². The van der Waals surface area contributed by atoms with Gasteiger partial charge in [0.05, 0.1) is 6.42 Å². The van der Waals surface area contributed by atoms with Gasteiger partial charge in [0.15, 0.2) is 0 Å². The Labute approximate surface area is 101 Å². The second kappa shape index (κ2) is 5.19. The van der Waals surface area contributed by atoms with Crippen molar-refractivity contribution in [3.8, 4) is 5.75 Å². The van der Waals surface area contributed by atoms with E-state index in [0.29, 0.717) is 13.1 Å². The van der Waals surface area contributed by atoms with E-state index in [2.05, 4.69) is 18.3 Å². The van der Waals surface area contributed by atoms with Gasteiger partial charge in [-0.2, -0.15) is 0 Å². The lowest BCUT2D eigenvalue weighted by Gasteiger charge is -2.10. The van der Waals surface area contributed by atoms with Crippen molar-refractivity contribution in [2.24, 2.45) is 0 Å². The first kappa shape index (κ1) is 11.9. The lowest BCUT2D eigenvalue weighted by atomic mass is 10.1. The molecule has 0 fully saturated rings. The molecular weight excluding hydrogens is 218 g/mol. The number of aliphatic carboxylic acids is 1. The smallest absolute Gasteiger partial charge is 0.304 e. The average molecular weight is 235 g/mol. The van der Waals surface area contributed by atoms with Gasteiger partial charge in [0.1, 0.15) is 11.9 Å². The fourth-order valence-electron chi connectivity index (χ4n) is 2.02. The van der Waals surface area contributed by atoms with Crippen molar-refractivity contribution in [1.29, 1.82) is 0 Å². The lowest BCUT2D eigenvalue weighted by Crippen LogP contribution is -2.31. The Kier molecular flexibility index (Phi) is 3.64. The standard InChI is InChI=1S/C13H17NO3/c1-9-2-3-12-10(6-9)7-11(17-12)8-14-5-4-13(15)16/h2-3,6,11,14H,4-5,7-8H2,1H3,(H,15,16). The largest absolute Gasteiger partial charge is 0.488 e. The van der Waals surface area contributed by atoms with Crippen LogP contribution in [0.1, 0.15) is 17.5 Å². The highest BCUT2D eigenvalue weighted by molar-refractivity contribution is 5.66. The molecule has 0 amide bonds. The molecule has 1 aromatic carbocycles. The molecule has 0 aromatic heterocycles. The highest BCUT2D eigenvalue weighted by Gasteiger charge is 2.22. The van der Waals surface area contributed by atoms with Crippen LogP contribution in [0.3, 0.4) is 0 Å². The first-order valence-corrected chi connectivity index (χ1v) is 5.84. The minimum absolute atomic E-state index is 0.126. The number of hydrogen-bond acceptors (Lipinski definition) is 3. The Morgan fingerprint density at radius 3 is 3.18 bits per heavy atom. The molecule has 4 nitrogen and oxygen atoms in total. The van der Waals surface area contributed by atoms with Gasteiger partial charge in [-0.3, -0.25) is 4.79 Å². The minimum atomic E-state index is -0.774. The fraction of sp³-hybridized carbons (Fsp3) is 0.462. The zero-order valence-corrected chi connectivity index (χ0v) is 9.90. The predicted octanol–water partition coefficient (Wildman–Crippen LogP) is 1.36. The molecular formula is C13H17NO3. The number of benzene rings is 1. The normalized spacial score (nSPS) is 17.6. The monoisotopic (exact) mass is 235 g/mol.